The number of amides is 1. The second kappa shape index (κ2) is 8.61. The highest BCUT2D eigenvalue weighted by atomic mass is 32.2. The molecule has 3 heterocycles. The number of hydrogen-bond acceptors (Lipinski definition) is 7. The smallest absolute Gasteiger partial charge is 0.230 e. The van der Waals surface area contributed by atoms with Crippen molar-refractivity contribution in [1.82, 2.24) is 15.3 Å². The summed E-state index contributed by atoms with van der Waals surface area (Å²) < 4.78 is 28.5. The van der Waals surface area contributed by atoms with Crippen LogP contribution in [-0.4, -0.2) is 54.7 Å². The number of benzene rings is 1. The number of ether oxygens (including phenoxy) is 1. The SMILES string of the molecule is COc1ccc2c(-c3cccnc3)cc(SCC(=O)N[C@H]3CCS(=O)(=O)C3)nc2c1. The van der Waals surface area contributed by atoms with Gasteiger partial charge in [-0.3, -0.25) is 9.78 Å². The first kappa shape index (κ1) is 20.6. The summed E-state index contributed by atoms with van der Waals surface area (Å²) in [7, 11) is -1.42. The molecule has 3 aromatic rings. The van der Waals surface area contributed by atoms with E-state index in [-0.39, 0.29) is 29.2 Å². The minimum atomic E-state index is -3.03. The summed E-state index contributed by atoms with van der Waals surface area (Å²) in [5, 5.41) is 4.47. The topological polar surface area (TPSA) is 98.2 Å². The van der Waals surface area contributed by atoms with Crippen molar-refractivity contribution in [3.8, 4) is 16.9 Å². The van der Waals surface area contributed by atoms with Crippen molar-refractivity contribution in [1.29, 1.82) is 0 Å². The van der Waals surface area contributed by atoms with Crippen LogP contribution in [0, 0.1) is 0 Å². The number of carbonyl (C=O) groups excluding carboxylic acids is 1. The summed E-state index contributed by atoms with van der Waals surface area (Å²) in [4.78, 5) is 21.2. The Morgan fingerprint density at radius 3 is 2.87 bits per heavy atom. The molecule has 1 atom stereocenters. The molecule has 0 saturated carbocycles. The summed E-state index contributed by atoms with van der Waals surface area (Å²) >= 11 is 1.32. The van der Waals surface area contributed by atoms with E-state index in [0.29, 0.717) is 17.2 Å². The lowest BCUT2D eigenvalue weighted by Crippen LogP contribution is -2.36. The highest BCUT2D eigenvalue weighted by molar-refractivity contribution is 7.99. The Kier molecular flexibility index (Phi) is 5.92. The van der Waals surface area contributed by atoms with Crippen LogP contribution in [0.1, 0.15) is 6.42 Å². The standard InChI is InChI=1S/C21H21N3O4S2/c1-28-16-4-5-17-18(14-3-2-7-22-11-14)10-21(24-19(17)9-16)29-12-20(25)23-15-6-8-30(26,27)13-15/h2-5,7,9-11,15H,6,8,12-13H2,1H3,(H,23,25)/t15-/m0/s1. The molecule has 1 aliphatic heterocycles. The number of nitrogens with zero attached hydrogens (tertiary/aromatic N) is 2. The van der Waals surface area contributed by atoms with Crippen molar-refractivity contribution in [2.45, 2.75) is 17.5 Å². The van der Waals surface area contributed by atoms with Crippen LogP contribution >= 0.6 is 11.8 Å². The van der Waals surface area contributed by atoms with Gasteiger partial charge in [-0.1, -0.05) is 17.8 Å². The Balaban J connectivity index is 1.57. The Labute approximate surface area is 179 Å². The molecule has 4 rings (SSSR count). The molecule has 0 radical (unpaired) electrons. The first-order valence-corrected chi connectivity index (χ1v) is 12.3. The average Bonchev–Trinajstić information content (AvgIpc) is 3.09. The van der Waals surface area contributed by atoms with Crippen molar-refractivity contribution >= 4 is 38.4 Å². The molecule has 1 saturated heterocycles. The molecular formula is C21H21N3O4S2. The highest BCUT2D eigenvalue weighted by Gasteiger charge is 2.28. The van der Waals surface area contributed by atoms with E-state index in [4.69, 9.17) is 4.74 Å². The predicted octanol–water partition coefficient (Wildman–Crippen LogP) is 2.70. The Bertz CT molecular complexity index is 1180. The normalized spacial score (nSPS) is 17.7. The molecule has 9 heteroatoms. The van der Waals surface area contributed by atoms with E-state index in [1.165, 1.54) is 11.8 Å². The van der Waals surface area contributed by atoms with Gasteiger partial charge in [0.05, 0.1) is 34.9 Å². The minimum absolute atomic E-state index is 0.0164. The van der Waals surface area contributed by atoms with Crippen molar-refractivity contribution in [3.63, 3.8) is 0 Å². The zero-order valence-corrected chi connectivity index (χ0v) is 18.0. The molecule has 30 heavy (non-hydrogen) atoms. The van der Waals surface area contributed by atoms with Crippen molar-refractivity contribution < 1.29 is 17.9 Å². The van der Waals surface area contributed by atoms with Gasteiger partial charge in [-0.2, -0.15) is 0 Å². The van der Waals surface area contributed by atoms with Crippen LogP contribution < -0.4 is 10.1 Å². The first-order chi connectivity index (χ1) is 14.4. The fourth-order valence-corrected chi connectivity index (χ4v) is 5.86. The van der Waals surface area contributed by atoms with Gasteiger partial charge in [0.2, 0.25) is 5.91 Å². The van der Waals surface area contributed by atoms with E-state index in [9.17, 15) is 13.2 Å². The lowest BCUT2D eigenvalue weighted by atomic mass is 10.0. The Hall–Kier alpha value is -2.65. The Morgan fingerprint density at radius 1 is 1.30 bits per heavy atom. The maximum absolute atomic E-state index is 12.3. The second-order valence-corrected chi connectivity index (χ2v) is 10.3. The fraction of sp³-hybridized carbons (Fsp3) is 0.286. The summed E-state index contributed by atoms with van der Waals surface area (Å²) in [5.74, 6) is 0.814. The highest BCUT2D eigenvalue weighted by Crippen LogP contribution is 2.33. The summed E-state index contributed by atoms with van der Waals surface area (Å²) in [6, 6.07) is 11.2. The molecule has 156 valence electrons. The molecule has 0 bridgehead atoms. The van der Waals surface area contributed by atoms with Gasteiger partial charge in [0.1, 0.15) is 5.75 Å². The van der Waals surface area contributed by atoms with Crippen molar-refractivity contribution in [2.24, 2.45) is 0 Å². The Morgan fingerprint density at radius 2 is 2.17 bits per heavy atom. The zero-order chi connectivity index (χ0) is 21.1. The van der Waals surface area contributed by atoms with Crippen LogP contribution in [0.4, 0.5) is 0 Å². The number of pyridine rings is 2. The number of carbonyl (C=O) groups is 1. The van der Waals surface area contributed by atoms with E-state index >= 15 is 0 Å². The van der Waals surface area contributed by atoms with Crippen LogP contribution in [0.15, 0.2) is 53.8 Å². The molecule has 2 aromatic heterocycles. The summed E-state index contributed by atoms with van der Waals surface area (Å²) in [5.41, 5.74) is 2.69. The quantitative estimate of drug-likeness (QED) is 0.585. The summed E-state index contributed by atoms with van der Waals surface area (Å²) in [6.07, 6.45) is 3.98. The maximum atomic E-state index is 12.3. The van der Waals surface area contributed by atoms with Crippen LogP contribution in [0.25, 0.3) is 22.0 Å². The third kappa shape index (κ3) is 4.73. The predicted molar refractivity (Wildman–Crippen MR) is 117 cm³/mol. The van der Waals surface area contributed by atoms with E-state index in [2.05, 4.69) is 15.3 Å². The number of rotatable bonds is 6. The van der Waals surface area contributed by atoms with Gasteiger partial charge in [-0.05, 0) is 36.2 Å². The molecule has 7 nitrogen and oxygen atoms in total. The summed E-state index contributed by atoms with van der Waals surface area (Å²) in [6.45, 7) is 0. The fourth-order valence-electron chi connectivity index (χ4n) is 3.46. The molecule has 1 amide bonds. The molecule has 1 aromatic carbocycles. The van der Waals surface area contributed by atoms with Crippen LogP contribution in [0.3, 0.4) is 0 Å². The lowest BCUT2D eigenvalue weighted by Gasteiger charge is -2.12. The zero-order valence-electron chi connectivity index (χ0n) is 16.4. The molecule has 1 fully saturated rings. The number of fused-ring (bicyclic) bond motifs is 1. The maximum Gasteiger partial charge on any atom is 0.230 e. The lowest BCUT2D eigenvalue weighted by molar-refractivity contribution is -0.119. The number of hydrogen-bond donors (Lipinski definition) is 1. The van der Waals surface area contributed by atoms with Crippen molar-refractivity contribution in [2.75, 3.05) is 24.4 Å². The average molecular weight is 444 g/mol. The second-order valence-electron chi connectivity index (χ2n) is 7.09. The number of thioether (sulfide) groups is 1. The van der Waals surface area contributed by atoms with Gasteiger partial charge in [0, 0.05) is 35.5 Å². The molecule has 0 spiro atoms. The number of sulfone groups is 1. The van der Waals surface area contributed by atoms with Gasteiger partial charge in [0.25, 0.3) is 0 Å². The van der Waals surface area contributed by atoms with Crippen LogP contribution in [0.2, 0.25) is 0 Å². The van der Waals surface area contributed by atoms with Gasteiger partial charge in [-0.15, -0.1) is 0 Å². The van der Waals surface area contributed by atoms with Gasteiger partial charge < -0.3 is 10.1 Å². The van der Waals surface area contributed by atoms with E-state index < -0.39 is 9.84 Å². The molecule has 0 unspecified atom stereocenters. The largest absolute Gasteiger partial charge is 0.497 e. The van der Waals surface area contributed by atoms with E-state index in [1.807, 2.05) is 36.4 Å². The third-order valence-corrected chi connectivity index (χ3v) is 7.59. The van der Waals surface area contributed by atoms with Crippen LogP contribution in [0.5, 0.6) is 5.75 Å². The molecular weight excluding hydrogens is 422 g/mol. The van der Waals surface area contributed by atoms with Gasteiger partial charge >= 0.3 is 0 Å². The van der Waals surface area contributed by atoms with E-state index in [1.54, 1.807) is 19.5 Å². The van der Waals surface area contributed by atoms with Gasteiger partial charge in [0.15, 0.2) is 9.84 Å². The molecule has 0 aliphatic carbocycles. The minimum Gasteiger partial charge on any atom is -0.497 e. The first-order valence-electron chi connectivity index (χ1n) is 9.45. The van der Waals surface area contributed by atoms with E-state index in [0.717, 1.165) is 22.0 Å². The number of methoxy groups -OCH3 is 1. The number of nitrogens with one attached hydrogen (secondary N) is 1. The molecule has 1 aliphatic rings. The van der Waals surface area contributed by atoms with Gasteiger partial charge in [-0.25, -0.2) is 13.4 Å². The number of aromatic nitrogens is 2. The van der Waals surface area contributed by atoms with Crippen molar-refractivity contribution in [3.05, 3.63) is 48.8 Å². The third-order valence-electron chi connectivity index (χ3n) is 4.91. The van der Waals surface area contributed by atoms with Crippen LogP contribution in [-0.2, 0) is 14.6 Å². The molecule has 1 N–H and O–H groups in total. The monoisotopic (exact) mass is 443 g/mol.